The van der Waals surface area contributed by atoms with Gasteiger partial charge in [-0.05, 0) is 19.1 Å². The molecular formula is C9H12BNO4. The van der Waals surface area contributed by atoms with Crippen LogP contribution in [0.15, 0.2) is 12.1 Å². The third-order valence-electron chi connectivity index (χ3n) is 2.27. The summed E-state index contributed by atoms with van der Waals surface area (Å²) < 4.78 is 10.2. The molecule has 0 amide bonds. The Morgan fingerprint density at radius 1 is 1.47 bits per heavy atom. The summed E-state index contributed by atoms with van der Waals surface area (Å²) in [5, 5.41) is 20.6. The molecule has 2 rings (SSSR count). The number of rotatable bonds is 2. The Kier molecular flexibility index (Phi) is 2.70. The van der Waals surface area contributed by atoms with Gasteiger partial charge < -0.3 is 24.8 Å². The van der Waals surface area contributed by atoms with Crippen LogP contribution in [0.3, 0.4) is 0 Å². The lowest BCUT2D eigenvalue weighted by atomic mass is 10.1. The van der Waals surface area contributed by atoms with Crippen molar-refractivity contribution < 1.29 is 19.4 Å². The van der Waals surface area contributed by atoms with E-state index in [1.807, 2.05) is 6.92 Å². The first-order valence-corrected chi connectivity index (χ1v) is 4.71. The van der Waals surface area contributed by atoms with Crippen LogP contribution in [-0.2, 0) is 0 Å². The lowest BCUT2D eigenvalue weighted by Crippen LogP contribution is -2.23. The van der Waals surface area contributed by atoms with Crippen LogP contribution >= 0.6 is 0 Å². The summed E-state index contributed by atoms with van der Waals surface area (Å²) >= 11 is 0. The third kappa shape index (κ3) is 2.00. The molecule has 1 aliphatic heterocycles. The van der Waals surface area contributed by atoms with Gasteiger partial charge in [-0.15, -0.1) is 0 Å². The molecule has 0 saturated carbocycles. The molecule has 0 fully saturated rings. The van der Waals surface area contributed by atoms with E-state index in [9.17, 15) is 0 Å². The van der Waals surface area contributed by atoms with Crippen LogP contribution in [0.2, 0.25) is 0 Å². The van der Waals surface area contributed by atoms with Crippen LogP contribution in [0.25, 0.3) is 0 Å². The van der Waals surface area contributed by atoms with E-state index in [-0.39, 0.29) is 0 Å². The molecule has 1 aromatic carbocycles. The predicted molar refractivity (Wildman–Crippen MR) is 56.0 cm³/mol. The number of anilines is 1. The van der Waals surface area contributed by atoms with Crippen LogP contribution < -0.4 is 14.7 Å². The summed E-state index contributed by atoms with van der Waals surface area (Å²) in [6, 6.07) is 3.40. The van der Waals surface area contributed by atoms with Crippen molar-refractivity contribution in [3.05, 3.63) is 17.7 Å². The standard InChI is InChI=1S/C9H12BNO4/c1-6-7(15-10(12)13)2-3-8-9(6)11-4-5-14-8/h2-3,11-13H,4-5H2,1H3. The van der Waals surface area contributed by atoms with Crippen molar-refractivity contribution in [2.45, 2.75) is 6.92 Å². The van der Waals surface area contributed by atoms with Crippen LogP contribution in [0, 0.1) is 6.92 Å². The Morgan fingerprint density at radius 3 is 3.00 bits per heavy atom. The molecule has 0 saturated heterocycles. The van der Waals surface area contributed by atoms with Crippen molar-refractivity contribution in [2.75, 3.05) is 18.5 Å². The average molecular weight is 209 g/mol. The smallest absolute Gasteiger partial charge is 0.512 e. The fraction of sp³-hybridized carbons (Fsp3) is 0.333. The summed E-state index contributed by atoms with van der Waals surface area (Å²) in [6.07, 6.45) is 0. The molecule has 3 N–H and O–H groups in total. The number of ether oxygens (including phenoxy) is 1. The zero-order valence-corrected chi connectivity index (χ0v) is 8.36. The van der Waals surface area contributed by atoms with E-state index in [0.29, 0.717) is 12.4 Å². The molecule has 0 spiro atoms. The van der Waals surface area contributed by atoms with Gasteiger partial charge in [0.2, 0.25) is 0 Å². The van der Waals surface area contributed by atoms with Crippen molar-refractivity contribution in [3.8, 4) is 11.5 Å². The van der Waals surface area contributed by atoms with Crippen molar-refractivity contribution >= 4 is 13.0 Å². The van der Waals surface area contributed by atoms with Crippen molar-refractivity contribution in [1.82, 2.24) is 0 Å². The topological polar surface area (TPSA) is 71.0 Å². The molecule has 15 heavy (non-hydrogen) atoms. The fourth-order valence-corrected chi connectivity index (χ4v) is 1.59. The van der Waals surface area contributed by atoms with Gasteiger partial charge >= 0.3 is 7.32 Å². The molecule has 0 aromatic heterocycles. The van der Waals surface area contributed by atoms with E-state index in [2.05, 4.69) is 5.32 Å². The van der Waals surface area contributed by atoms with E-state index >= 15 is 0 Å². The Morgan fingerprint density at radius 2 is 2.27 bits per heavy atom. The van der Waals surface area contributed by atoms with Gasteiger partial charge in [0, 0.05) is 12.1 Å². The van der Waals surface area contributed by atoms with Crippen molar-refractivity contribution in [1.29, 1.82) is 0 Å². The van der Waals surface area contributed by atoms with Crippen LogP contribution in [0.1, 0.15) is 5.56 Å². The van der Waals surface area contributed by atoms with E-state index in [0.717, 1.165) is 23.5 Å². The maximum atomic E-state index is 8.72. The molecule has 0 radical (unpaired) electrons. The molecule has 0 bridgehead atoms. The van der Waals surface area contributed by atoms with Gasteiger partial charge in [0.25, 0.3) is 0 Å². The Bertz CT molecular complexity index is 369. The second-order valence-corrected chi connectivity index (χ2v) is 3.28. The van der Waals surface area contributed by atoms with Crippen LogP contribution in [0.5, 0.6) is 11.5 Å². The molecule has 0 aliphatic carbocycles. The lowest BCUT2D eigenvalue weighted by molar-refractivity contribution is 0.286. The number of hydrogen-bond acceptors (Lipinski definition) is 5. The zero-order chi connectivity index (χ0) is 10.8. The SMILES string of the molecule is Cc1c(OB(O)O)ccc2c1NCCO2. The Labute approximate surface area is 87.8 Å². The lowest BCUT2D eigenvalue weighted by Gasteiger charge is -2.22. The highest BCUT2D eigenvalue weighted by atomic mass is 16.6. The first-order chi connectivity index (χ1) is 7.18. The predicted octanol–water partition coefficient (Wildman–Crippen LogP) is 0.148. The number of nitrogens with one attached hydrogen (secondary N) is 1. The fourth-order valence-electron chi connectivity index (χ4n) is 1.59. The molecule has 0 atom stereocenters. The normalized spacial score (nSPS) is 13.5. The Balaban J connectivity index is 2.34. The van der Waals surface area contributed by atoms with Gasteiger partial charge in [-0.3, -0.25) is 0 Å². The third-order valence-corrected chi connectivity index (χ3v) is 2.27. The summed E-state index contributed by atoms with van der Waals surface area (Å²) in [5.74, 6) is 1.19. The molecule has 1 aromatic rings. The summed E-state index contributed by atoms with van der Waals surface area (Å²) in [4.78, 5) is 0. The van der Waals surface area contributed by atoms with Gasteiger partial charge in [0.15, 0.2) is 0 Å². The average Bonchev–Trinajstić information content (AvgIpc) is 2.22. The second kappa shape index (κ2) is 4.00. The van der Waals surface area contributed by atoms with Gasteiger partial charge in [-0.2, -0.15) is 0 Å². The molecule has 5 nitrogen and oxygen atoms in total. The van der Waals surface area contributed by atoms with Crippen LogP contribution in [0.4, 0.5) is 5.69 Å². The molecule has 0 unspecified atom stereocenters. The van der Waals surface area contributed by atoms with E-state index in [4.69, 9.17) is 19.4 Å². The highest BCUT2D eigenvalue weighted by Crippen LogP contribution is 2.36. The Hall–Kier alpha value is -1.40. The number of benzene rings is 1. The minimum absolute atomic E-state index is 0.432. The van der Waals surface area contributed by atoms with E-state index < -0.39 is 7.32 Å². The molecule has 80 valence electrons. The first-order valence-electron chi connectivity index (χ1n) is 4.71. The summed E-state index contributed by atoms with van der Waals surface area (Å²) in [5.41, 5.74) is 1.65. The maximum absolute atomic E-state index is 8.72. The van der Waals surface area contributed by atoms with Gasteiger partial charge in [-0.1, -0.05) is 0 Å². The number of fused-ring (bicyclic) bond motifs is 1. The van der Waals surface area contributed by atoms with Crippen LogP contribution in [-0.4, -0.2) is 30.5 Å². The minimum Gasteiger partial charge on any atom is -0.512 e. The van der Waals surface area contributed by atoms with Crippen molar-refractivity contribution in [3.63, 3.8) is 0 Å². The van der Waals surface area contributed by atoms with Gasteiger partial charge in [0.05, 0.1) is 5.69 Å². The number of hydrogen-bond donors (Lipinski definition) is 3. The molecule has 1 heterocycles. The highest BCUT2D eigenvalue weighted by molar-refractivity contribution is 6.33. The second-order valence-electron chi connectivity index (χ2n) is 3.28. The quantitative estimate of drug-likeness (QED) is 0.604. The molecule has 6 heteroatoms. The van der Waals surface area contributed by atoms with Gasteiger partial charge in [0.1, 0.15) is 18.1 Å². The summed E-state index contributed by atoms with van der Waals surface area (Å²) in [7, 11) is -1.80. The maximum Gasteiger partial charge on any atom is 0.707 e. The van der Waals surface area contributed by atoms with E-state index in [1.165, 1.54) is 0 Å². The molecular weight excluding hydrogens is 197 g/mol. The first kappa shape index (κ1) is 10.1. The largest absolute Gasteiger partial charge is 0.707 e. The summed E-state index contributed by atoms with van der Waals surface area (Å²) in [6.45, 7) is 3.20. The molecule has 1 aliphatic rings. The zero-order valence-electron chi connectivity index (χ0n) is 8.36. The monoisotopic (exact) mass is 209 g/mol. The highest BCUT2D eigenvalue weighted by Gasteiger charge is 2.18. The minimum atomic E-state index is -1.80. The van der Waals surface area contributed by atoms with Crippen molar-refractivity contribution in [2.24, 2.45) is 0 Å². The van der Waals surface area contributed by atoms with Gasteiger partial charge in [-0.25, -0.2) is 0 Å². The van der Waals surface area contributed by atoms with E-state index in [1.54, 1.807) is 12.1 Å².